The van der Waals surface area contributed by atoms with Gasteiger partial charge in [0.25, 0.3) is 0 Å². The van der Waals surface area contributed by atoms with Crippen molar-refractivity contribution in [3.8, 4) is 0 Å². The van der Waals surface area contributed by atoms with Gasteiger partial charge in [0, 0.05) is 90.5 Å². The van der Waals surface area contributed by atoms with Gasteiger partial charge in [-0.3, -0.25) is 0 Å². The van der Waals surface area contributed by atoms with Crippen LogP contribution in [0.15, 0.2) is 173 Å². The maximum atomic E-state index is 7.38. The highest BCUT2D eigenvalue weighted by Crippen LogP contribution is 2.64. The van der Waals surface area contributed by atoms with Crippen LogP contribution in [0.5, 0.6) is 0 Å². The lowest BCUT2D eigenvalue weighted by Gasteiger charge is -2.39. The van der Waals surface area contributed by atoms with Crippen LogP contribution in [0.4, 0.5) is 34.1 Å². The third kappa shape index (κ3) is 6.25. The van der Waals surface area contributed by atoms with E-state index in [2.05, 4.69) is 243 Å². The fourth-order valence-corrected chi connectivity index (χ4v) is 16.7. The van der Waals surface area contributed by atoms with Crippen molar-refractivity contribution in [3.63, 3.8) is 0 Å². The molecule has 6 heteroatoms. The zero-order chi connectivity index (χ0) is 53.4. The van der Waals surface area contributed by atoms with Crippen LogP contribution in [-0.4, -0.2) is 16.7 Å². The molecule has 0 radical (unpaired) electrons. The van der Waals surface area contributed by atoms with Gasteiger partial charge >= 0.3 is 0 Å². The first kappa shape index (κ1) is 46.7. The molecule has 8 atom stereocenters. The lowest BCUT2D eigenvalue weighted by atomic mass is 9.77. The minimum Gasteiger partial charge on any atom is -0.462 e. The van der Waals surface area contributed by atoms with Crippen molar-refractivity contribution in [3.05, 3.63) is 220 Å². The molecule has 80 heavy (non-hydrogen) atoms. The van der Waals surface area contributed by atoms with Crippen molar-refractivity contribution in [2.24, 2.45) is 17.8 Å². The normalized spacial score (nSPS) is 24.1. The summed E-state index contributed by atoms with van der Waals surface area (Å²) in [6.07, 6.45) is 28.2. The molecule has 394 valence electrons. The molecule has 6 aromatic carbocycles. The van der Waals surface area contributed by atoms with Crippen molar-refractivity contribution in [2.75, 3.05) is 14.7 Å². The molecule has 8 unspecified atom stereocenters. The Labute approximate surface area is 469 Å². The molecule has 6 nitrogen and oxygen atoms in total. The third-order valence-corrected chi connectivity index (χ3v) is 20.0. The molecule has 0 bridgehead atoms. The Kier molecular flexibility index (Phi) is 10.0. The van der Waals surface area contributed by atoms with Crippen LogP contribution in [0, 0.1) is 17.8 Å². The Morgan fingerprint density at radius 1 is 0.613 bits per heavy atom. The smallest absolute Gasteiger partial charge is 0.159 e. The van der Waals surface area contributed by atoms with Gasteiger partial charge in [-0.25, -0.2) is 0 Å². The number of furan rings is 2. The first-order valence-corrected chi connectivity index (χ1v) is 29.8. The van der Waals surface area contributed by atoms with Crippen LogP contribution in [0.1, 0.15) is 147 Å². The van der Waals surface area contributed by atoms with Gasteiger partial charge in [-0.2, -0.15) is 0 Å². The Morgan fingerprint density at radius 2 is 1.35 bits per heavy atom. The van der Waals surface area contributed by atoms with Crippen molar-refractivity contribution in [1.82, 2.24) is 4.57 Å². The lowest BCUT2D eigenvalue weighted by molar-refractivity contribution is 0.314. The van der Waals surface area contributed by atoms with Gasteiger partial charge in [0.2, 0.25) is 0 Å². The summed E-state index contributed by atoms with van der Waals surface area (Å²) in [5, 5.41) is 3.70. The number of hydrogen-bond acceptors (Lipinski definition) is 5. The van der Waals surface area contributed by atoms with Crippen molar-refractivity contribution >= 4 is 96.3 Å². The molecular formula is C74H66N4O2. The van der Waals surface area contributed by atoms with Crippen LogP contribution in [-0.2, 0) is 6.42 Å². The summed E-state index contributed by atoms with van der Waals surface area (Å²) in [4.78, 5) is 8.11. The Bertz CT molecular complexity index is 4300. The summed E-state index contributed by atoms with van der Waals surface area (Å²) in [5.74, 6) is 4.42. The van der Waals surface area contributed by atoms with Gasteiger partial charge in [-0.05, 0) is 114 Å². The molecule has 17 rings (SSSR count). The molecule has 0 N–H and O–H groups in total. The van der Waals surface area contributed by atoms with Crippen LogP contribution in [0.3, 0.4) is 0 Å². The third-order valence-electron chi connectivity index (χ3n) is 20.0. The molecule has 0 saturated carbocycles. The van der Waals surface area contributed by atoms with E-state index < -0.39 is 0 Å². The summed E-state index contributed by atoms with van der Waals surface area (Å²) in [6, 6.07) is 46.3. The average molecular weight is 1040 g/mol. The van der Waals surface area contributed by atoms with Gasteiger partial charge in [-0.1, -0.05) is 175 Å². The van der Waals surface area contributed by atoms with E-state index in [1.54, 1.807) is 0 Å². The number of rotatable bonds is 8. The van der Waals surface area contributed by atoms with Crippen molar-refractivity contribution in [2.45, 2.75) is 109 Å². The summed E-state index contributed by atoms with van der Waals surface area (Å²) in [5.41, 5.74) is 24.4. The zero-order valence-corrected chi connectivity index (χ0v) is 46.5. The van der Waals surface area contributed by atoms with Crippen LogP contribution in [0.25, 0.3) is 62.2 Å². The van der Waals surface area contributed by atoms with E-state index in [0.29, 0.717) is 35.6 Å². The number of benzene rings is 6. The van der Waals surface area contributed by atoms with Crippen LogP contribution >= 0.6 is 0 Å². The molecular weight excluding hydrogens is 977 g/mol. The van der Waals surface area contributed by atoms with Crippen LogP contribution in [0.2, 0.25) is 0 Å². The highest BCUT2D eigenvalue weighted by molar-refractivity contribution is 6.14. The second kappa shape index (κ2) is 17.1. The van der Waals surface area contributed by atoms with Gasteiger partial charge in [-0.15, -0.1) is 0 Å². The topological polar surface area (TPSA) is 40.9 Å². The molecule has 0 spiro atoms. The summed E-state index contributed by atoms with van der Waals surface area (Å²) >= 11 is 0. The zero-order valence-electron chi connectivity index (χ0n) is 46.5. The number of hydrogen-bond donors (Lipinski definition) is 0. The molecule has 3 aliphatic heterocycles. The molecule has 8 aliphatic rings. The first-order chi connectivity index (χ1) is 39.2. The van der Waals surface area contributed by atoms with Gasteiger partial charge in [0.1, 0.15) is 17.1 Å². The molecule has 6 heterocycles. The van der Waals surface area contributed by atoms with E-state index in [9.17, 15) is 0 Å². The van der Waals surface area contributed by atoms with Gasteiger partial charge in [0.05, 0.1) is 40.7 Å². The number of aromatic nitrogens is 1. The minimum absolute atomic E-state index is 0.0199. The van der Waals surface area contributed by atoms with Gasteiger partial charge < -0.3 is 28.1 Å². The highest BCUT2D eigenvalue weighted by Gasteiger charge is 2.53. The number of para-hydroxylation sites is 4. The summed E-state index contributed by atoms with van der Waals surface area (Å²) < 4.78 is 17.2. The largest absolute Gasteiger partial charge is 0.462 e. The molecule has 0 saturated heterocycles. The predicted molar refractivity (Wildman–Crippen MR) is 332 cm³/mol. The number of fused-ring (bicyclic) bond motifs is 18. The molecule has 9 aromatic rings. The van der Waals surface area contributed by atoms with E-state index in [1.807, 2.05) is 0 Å². The molecule has 5 aliphatic carbocycles. The summed E-state index contributed by atoms with van der Waals surface area (Å²) in [6.45, 7) is 14.0. The Morgan fingerprint density at radius 3 is 2.15 bits per heavy atom. The maximum absolute atomic E-state index is 7.38. The summed E-state index contributed by atoms with van der Waals surface area (Å²) in [7, 11) is 0. The lowest BCUT2D eigenvalue weighted by Crippen LogP contribution is -2.42. The van der Waals surface area contributed by atoms with E-state index in [4.69, 9.17) is 8.83 Å². The minimum atomic E-state index is -0.0199. The second-order valence-corrected chi connectivity index (χ2v) is 24.9. The van der Waals surface area contributed by atoms with E-state index in [-0.39, 0.29) is 24.0 Å². The highest BCUT2D eigenvalue weighted by atomic mass is 16.3. The van der Waals surface area contributed by atoms with Crippen LogP contribution < -0.4 is 14.7 Å². The quantitative estimate of drug-likeness (QED) is 0.142. The fraction of sp³-hybridized carbons (Fsp3) is 0.270. The standard InChI is InChI=1S/C74H66N4O2/c1-41(2)47-25-17-26-50-51-27-18-30-62(72(51)79-71(47)50)75(45-19-9-7-10-20-45)60-37-35-48-56-39-64-57(40-63(56)77-58-28-15-13-23-54(58)66(60)69(48)77)49-36-38-61(67-55-24-14-16-29-59(55)78(64)70(49)67)76(46-21-11-8-12-22-46)68-44(6)32-34-53-52-33-31-43(5)65(42(3)4)73(52)80-74(53)68/h7-23,25-27,30-38,40-44,55,58-59,64-65,68H,24,28-29,39H2,1-6H3. The van der Waals surface area contributed by atoms with E-state index in [0.717, 1.165) is 59.4 Å². The van der Waals surface area contributed by atoms with E-state index in [1.165, 1.54) is 101 Å². The number of anilines is 6. The first-order valence-electron chi connectivity index (χ1n) is 29.8. The maximum Gasteiger partial charge on any atom is 0.159 e. The Hall–Kier alpha value is -8.22. The van der Waals surface area contributed by atoms with Gasteiger partial charge in [0.15, 0.2) is 5.58 Å². The predicted octanol–water partition coefficient (Wildman–Crippen LogP) is 19.7. The number of allylic oxidation sites excluding steroid dienone is 6. The number of nitrogens with zero attached hydrogens (tertiary/aromatic N) is 4. The Balaban J connectivity index is 0.847. The molecule has 0 fully saturated rings. The van der Waals surface area contributed by atoms with Crippen molar-refractivity contribution in [1.29, 1.82) is 0 Å². The second-order valence-electron chi connectivity index (χ2n) is 24.9. The monoisotopic (exact) mass is 1040 g/mol. The fourth-order valence-electron chi connectivity index (χ4n) is 16.7. The average Bonchev–Trinajstić information content (AvgIpc) is 3.86. The molecule has 0 amide bonds. The SMILES string of the molecule is CC(C)c1cccc2c1oc1c(N(c3ccccc3)c3ccc4c5c(n6c4c3C3=CC=CCC36)C=C3c4ccc(N(c6ccccc6)C6c7oc8c(c7C=CC6C)C=CC(C)C8C(C)C)c6c4N(C3C5)C3CC=CCC63)cccc12. The molecule has 3 aromatic heterocycles. The van der Waals surface area contributed by atoms with E-state index >= 15 is 0 Å². The van der Waals surface area contributed by atoms with Crippen molar-refractivity contribution < 1.29 is 8.83 Å².